The lowest BCUT2D eigenvalue weighted by Crippen LogP contribution is -2.38. The molecule has 0 fully saturated rings. The van der Waals surface area contributed by atoms with Crippen molar-refractivity contribution in [1.82, 2.24) is 20.3 Å². The number of fused-ring (bicyclic) bond motifs is 2. The lowest BCUT2D eigenvalue weighted by molar-refractivity contribution is -0.158. The molecule has 6 heteroatoms. The minimum Gasteiger partial charge on any atom is -0.458 e. The first-order valence-electron chi connectivity index (χ1n) is 9.78. The Morgan fingerprint density at radius 3 is 2.86 bits per heavy atom. The van der Waals surface area contributed by atoms with Crippen LogP contribution in [-0.4, -0.2) is 26.5 Å². The number of H-pyrrole nitrogens is 1. The highest BCUT2D eigenvalue weighted by Crippen LogP contribution is 2.31. The summed E-state index contributed by atoms with van der Waals surface area (Å²) in [4.78, 5) is 25.6. The van der Waals surface area contributed by atoms with Gasteiger partial charge in [0.25, 0.3) is 0 Å². The van der Waals surface area contributed by atoms with Crippen LogP contribution in [0, 0.1) is 0 Å². The van der Waals surface area contributed by atoms with Crippen LogP contribution in [0.4, 0.5) is 0 Å². The summed E-state index contributed by atoms with van der Waals surface area (Å²) in [6.45, 7) is 5.62. The summed E-state index contributed by atoms with van der Waals surface area (Å²) in [5, 5.41) is 3.48. The Kier molecular flexibility index (Phi) is 4.89. The Bertz CT molecular complexity index is 956. The van der Waals surface area contributed by atoms with E-state index in [1.807, 2.05) is 57.3 Å². The van der Waals surface area contributed by atoms with E-state index in [9.17, 15) is 4.79 Å². The Hall–Kier alpha value is -2.73. The molecule has 28 heavy (non-hydrogen) atoms. The summed E-state index contributed by atoms with van der Waals surface area (Å²) in [5.41, 5.74) is 3.40. The number of hydrogen-bond acceptors (Lipinski definition) is 5. The summed E-state index contributed by atoms with van der Waals surface area (Å²) in [6.07, 6.45) is 4.80. The summed E-state index contributed by atoms with van der Waals surface area (Å²) in [5.74, 6) is 0.230. The van der Waals surface area contributed by atoms with Crippen LogP contribution in [0.15, 0.2) is 42.6 Å². The Morgan fingerprint density at radius 1 is 1.25 bits per heavy atom. The molecule has 0 aliphatic heterocycles. The van der Waals surface area contributed by atoms with Crippen LogP contribution >= 0.6 is 0 Å². The molecule has 2 aromatic heterocycles. The summed E-state index contributed by atoms with van der Waals surface area (Å²) in [6, 6.07) is 11.1. The van der Waals surface area contributed by atoms with E-state index in [1.165, 1.54) is 5.56 Å². The zero-order chi connectivity index (χ0) is 19.7. The Balaban J connectivity index is 1.68. The molecule has 3 aromatic rings. The second kappa shape index (κ2) is 7.36. The van der Waals surface area contributed by atoms with Crippen molar-refractivity contribution in [3.8, 4) is 0 Å². The maximum atomic E-state index is 13.1. The summed E-state index contributed by atoms with van der Waals surface area (Å²) < 4.78 is 5.70. The average molecular weight is 378 g/mol. The second-order valence-electron chi connectivity index (χ2n) is 8.26. The largest absolute Gasteiger partial charge is 0.458 e. The van der Waals surface area contributed by atoms with Gasteiger partial charge in [-0.05, 0) is 63.8 Å². The van der Waals surface area contributed by atoms with Crippen LogP contribution in [0.25, 0.3) is 11.0 Å². The van der Waals surface area contributed by atoms with E-state index in [0.29, 0.717) is 5.82 Å². The number of rotatable bonds is 4. The lowest BCUT2D eigenvalue weighted by Gasteiger charge is -2.29. The van der Waals surface area contributed by atoms with Crippen molar-refractivity contribution >= 4 is 17.0 Å². The number of aryl methyl sites for hydroxylation is 1. The molecule has 146 valence electrons. The van der Waals surface area contributed by atoms with Crippen LogP contribution in [0.2, 0.25) is 0 Å². The van der Waals surface area contributed by atoms with Crippen molar-refractivity contribution in [2.45, 2.75) is 57.7 Å². The number of esters is 1. The zero-order valence-corrected chi connectivity index (χ0v) is 16.5. The quantitative estimate of drug-likeness (QED) is 0.671. The standard InChI is InChI=1S/C22H26N4O2/c1-22(2,3)28-21(27)19(20-25-15-10-4-5-11-16(15)26-20)24-17-12-6-8-14-9-7-13-23-18(14)17/h4-5,7,9-11,13,17,19,24H,6,8,12H2,1-3H3,(H,25,26). The molecule has 2 N–H and O–H groups in total. The van der Waals surface area contributed by atoms with Crippen molar-refractivity contribution in [3.63, 3.8) is 0 Å². The first kappa shape index (κ1) is 18.6. The topological polar surface area (TPSA) is 79.9 Å². The number of pyridine rings is 1. The van der Waals surface area contributed by atoms with Gasteiger partial charge in [0.15, 0.2) is 6.04 Å². The molecule has 2 unspecified atom stereocenters. The van der Waals surface area contributed by atoms with Gasteiger partial charge in [0.2, 0.25) is 0 Å². The number of benzene rings is 1. The minimum absolute atomic E-state index is 0.0179. The van der Waals surface area contributed by atoms with Gasteiger partial charge >= 0.3 is 5.97 Å². The second-order valence-corrected chi connectivity index (χ2v) is 8.26. The number of hydrogen-bond donors (Lipinski definition) is 2. The first-order valence-corrected chi connectivity index (χ1v) is 9.78. The molecule has 2 heterocycles. The van der Waals surface area contributed by atoms with E-state index in [1.54, 1.807) is 0 Å². The highest BCUT2D eigenvalue weighted by atomic mass is 16.6. The molecule has 1 aliphatic rings. The maximum absolute atomic E-state index is 13.1. The predicted octanol–water partition coefficient (Wildman–Crippen LogP) is 4.01. The molecule has 0 saturated carbocycles. The number of ether oxygens (including phenoxy) is 1. The van der Waals surface area contributed by atoms with Gasteiger partial charge in [0.05, 0.1) is 22.8 Å². The zero-order valence-electron chi connectivity index (χ0n) is 16.5. The number of aromatic amines is 1. The number of para-hydroxylation sites is 2. The number of carbonyl (C=O) groups is 1. The van der Waals surface area contributed by atoms with Crippen LogP contribution in [-0.2, 0) is 16.0 Å². The molecule has 0 radical (unpaired) electrons. The van der Waals surface area contributed by atoms with Crippen LogP contribution < -0.4 is 5.32 Å². The van der Waals surface area contributed by atoms with Crippen LogP contribution in [0.5, 0.6) is 0 Å². The van der Waals surface area contributed by atoms with E-state index in [0.717, 1.165) is 36.0 Å². The number of aromatic nitrogens is 3. The first-order chi connectivity index (χ1) is 13.4. The monoisotopic (exact) mass is 378 g/mol. The number of carbonyl (C=O) groups excluding carboxylic acids is 1. The molecule has 0 amide bonds. The van der Waals surface area contributed by atoms with Gasteiger partial charge in [-0.25, -0.2) is 9.78 Å². The highest BCUT2D eigenvalue weighted by Gasteiger charge is 2.33. The third-order valence-electron chi connectivity index (χ3n) is 4.89. The smallest absolute Gasteiger partial charge is 0.331 e. The maximum Gasteiger partial charge on any atom is 0.331 e. The van der Waals surface area contributed by atoms with Crippen molar-refractivity contribution in [3.05, 3.63) is 59.7 Å². The normalized spacial score (nSPS) is 17.9. The fourth-order valence-corrected chi connectivity index (χ4v) is 3.70. The molecule has 6 nitrogen and oxygen atoms in total. The molecule has 0 bridgehead atoms. The molecule has 1 aliphatic carbocycles. The Morgan fingerprint density at radius 2 is 2.07 bits per heavy atom. The van der Waals surface area contributed by atoms with Crippen molar-refractivity contribution in [1.29, 1.82) is 0 Å². The van der Waals surface area contributed by atoms with Crippen LogP contribution in [0.1, 0.15) is 62.8 Å². The van der Waals surface area contributed by atoms with E-state index in [-0.39, 0.29) is 12.0 Å². The highest BCUT2D eigenvalue weighted by molar-refractivity contribution is 5.80. The van der Waals surface area contributed by atoms with Gasteiger partial charge in [0, 0.05) is 6.20 Å². The predicted molar refractivity (Wildman–Crippen MR) is 108 cm³/mol. The van der Waals surface area contributed by atoms with E-state index in [4.69, 9.17) is 4.74 Å². The van der Waals surface area contributed by atoms with Gasteiger partial charge in [-0.15, -0.1) is 0 Å². The molecule has 0 spiro atoms. The van der Waals surface area contributed by atoms with Crippen LogP contribution in [0.3, 0.4) is 0 Å². The van der Waals surface area contributed by atoms with Gasteiger partial charge < -0.3 is 9.72 Å². The molecular formula is C22H26N4O2. The third kappa shape index (κ3) is 3.92. The molecule has 0 saturated heterocycles. The number of imidazole rings is 1. The third-order valence-corrected chi connectivity index (χ3v) is 4.89. The number of nitrogens with zero attached hydrogens (tertiary/aromatic N) is 2. The SMILES string of the molecule is CC(C)(C)OC(=O)C(NC1CCCc2cccnc21)c1nc2ccccc2[nH]1. The average Bonchev–Trinajstić information content (AvgIpc) is 3.08. The molecular weight excluding hydrogens is 352 g/mol. The lowest BCUT2D eigenvalue weighted by atomic mass is 9.91. The van der Waals surface area contributed by atoms with Crippen molar-refractivity contribution in [2.24, 2.45) is 0 Å². The van der Waals surface area contributed by atoms with E-state index < -0.39 is 11.6 Å². The van der Waals surface area contributed by atoms with Gasteiger partial charge in [0.1, 0.15) is 11.4 Å². The van der Waals surface area contributed by atoms with Crippen molar-refractivity contribution < 1.29 is 9.53 Å². The Labute approximate surface area is 164 Å². The van der Waals surface area contributed by atoms with Gasteiger partial charge in [-0.3, -0.25) is 10.3 Å². The molecule has 2 atom stereocenters. The van der Waals surface area contributed by atoms with Gasteiger partial charge in [-0.2, -0.15) is 0 Å². The van der Waals surface area contributed by atoms with Gasteiger partial charge in [-0.1, -0.05) is 18.2 Å². The van der Waals surface area contributed by atoms with E-state index in [2.05, 4.69) is 26.3 Å². The summed E-state index contributed by atoms with van der Waals surface area (Å²) in [7, 11) is 0. The molecule has 4 rings (SSSR count). The fourth-order valence-electron chi connectivity index (χ4n) is 3.70. The minimum atomic E-state index is -0.690. The number of nitrogens with one attached hydrogen (secondary N) is 2. The molecule has 1 aromatic carbocycles. The van der Waals surface area contributed by atoms with Crippen molar-refractivity contribution in [2.75, 3.05) is 0 Å². The fraction of sp³-hybridized carbons (Fsp3) is 0.409. The van der Waals surface area contributed by atoms with E-state index >= 15 is 0 Å². The summed E-state index contributed by atoms with van der Waals surface area (Å²) >= 11 is 0.